The van der Waals surface area contributed by atoms with E-state index >= 15 is 0 Å². The van der Waals surface area contributed by atoms with Crippen molar-refractivity contribution in [3.8, 4) is 0 Å². The average Bonchev–Trinajstić information content (AvgIpc) is 2.31. The predicted molar refractivity (Wildman–Crippen MR) is 82.5 cm³/mol. The van der Waals surface area contributed by atoms with Crippen LogP contribution in [0.3, 0.4) is 0 Å². The number of rotatable bonds is 1. The van der Waals surface area contributed by atoms with Crippen molar-refractivity contribution in [2.45, 2.75) is 33.6 Å². The average molecular weight is 240 g/mol. The van der Waals surface area contributed by atoms with Gasteiger partial charge in [-0.1, -0.05) is 79.3 Å². The van der Waals surface area contributed by atoms with E-state index in [0.29, 0.717) is 0 Å². The molecule has 0 fully saturated rings. The standard InChI is InChI=1S/C18H24/c1-5-13-18(4)14-7-6-9-16(2)11-12-17(3)10-8-15-18/h5-10,12-14H,2,11,15H2,1,3-4H3/b9-6-,10-8-,13-5?,14-7-,17-12-. The molecule has 0 aromatic rings. The first-order chi connectivity index (χ1) is 8.56. The van der Waals surface area contributed by atoms with Crippen molar-refractivity contribution in [1.82, 2.24) is 0 Å². The topological polar surface area (TPSA) is 0 Å². The minimum atomic E-state index is 0.0937. The molecule has 0 nitrogen and oxygen atoms in total. The molecule has 0 bridgehead atoms. The second kappa shape index (κ2) is 7.00. The summed E-state index contributed by atoms with van der Waals surface area (Å²) in [5.74, 6) is 0. The minimum Gasteiger partial charge on any atom is -0.0955 e. The van der Waals surface area contributed by atoms with Crippen LogP contribution in [-0.4, -0.2) is 0 Å². The number of allylic oxidation sites excluding steroid dienone is 11. The van der Waals surface area contributed by atoms with E-state index in [4.69, 9.17) is 0 Å². The normalized spacial score (nSPS) is 34.2. The Bertz CT molecular complexity index is 427. The summed E-state index contributed by atoms with van der Waals surface area (Å²) < 4.78 is 0. The molecule has 0 aromatic heterocycles. The first-order valence-electron chi connectivity index (χ1n) is 6.56. The van der Waals surface area contributed by atoms with Crippen LogP contribution in [0.25, 0.3) is 0 Å². The van der Waals surface area contributed by atoms with Gasteiger partial charge in [-0.15, -0.1) is 0 Å². The molecular formula is C18H24. The number of hydrogen-bond donors (Lipinski definition) is 0. The molecule has 0 heterocycles. The van der Waals surface area contributed by atoms with Gasteiger partial charge in [0.15, 0.2) is 0 Å². The van der Waals surface area contributed by atoms with Crippen LogP contribution in [0.4, 0.5) is 0 Å². The van der Waals surface area contributed by atoms with Crippen molar-refractivity contribution in [1.29, 1.82) is 0 Å². The van der Waals surface area contributed by atoms with Crippen molar-refractivity contribution in [3.05, 3.63) is 72.4 Å². The van der Waals surface area contributed by atoms with Crippen LogP contribution in [0.1, 0.15) is 33.6 Å². The summed E-state index contributed by atoms with van der Waals surface area (Å²) in [5, 5.41) is 0. The third-order valence-electron chi connectivity index (χ3n) is 3.09. The highest BCUT2D eigenvalue weighted by atomic mass is 14.2. The maximum Gasteiger partial charge on any atom is 0.00702 e. The van der Waals surface area contributed by atoms with E-state index in [1.165, 1.54) is 5.57 Å². The maximum atomic E-state index is 4.05. The summed E-state index contributed by atoms with van der Waals surface area (Å²) in [4.78, 5) is 0. The van der Waals surface area contributed by atoms with Crippen molar-refractivity contribution >= 4 is 0 Å². The monoisotopic (exact) mass is 240 g/mol. The zero-order chi connectivity index (χ0) is 13.4. The second-order valence-electron chi connectivity index (χ2n) is 5.14. The summed E-state index contributed by atoms with van der Waals surface area (Å²) in [6.07, 6.45) is 21.5. The highest BCUT2D eigenvalue weighted by Gasteiger charge is 2.14. The zero-order valence-electron chi connectivity index (χ0n) is 11.8. The van der Waals surface area contributed by atoms with Crippen molar-refractivity contribution < 1.29 is 0 Å². The third-order valence-corrected chi connectivity index (χ3v) is 3.09. The lowest BCUT2D eigenvalue weighted by atomic mass is 9.85. The van der Waals surface area contributed by atoms with E-state index in [0.717, 1.165) is 18.4 Å². The first kappa shape index (κ1) is 14.5. The van der Waals surface area contributed by atoms with E-state index in [2.05, 4.69) is 82.0 Å². The quantitative estimate of drug-likeness (QED) is 0.528. The van der Waals surface area contributed by atoms with Gasteiger partial charge in [0.25, 0.3) is 0 Å². The summed E-state index contributed by atoms with van der Waals surface area (Å²) in [7, 11) is 0. The molecule has 0 aromatic carbocycles. The Morgan fingerprint density at radius 2 is 2.06 bits per heavy atom. The molecule has 0 aliphatic heterocycles. The van der Waals surface area contributed by atoms with E-state index in [1.54, 1.807) is 0 Å². The largest absolute Gasteiger partial charge is 0.0955 e. The Morgan fingerprint density at radius 3 is 2.78 bits per heavy atom. The van der Waals surface area contributed by atoms with Crippen LogP contribution in [0, 0.1) is 5.41 Å². The molecule has 1 aliphatic rings. The van der Waals surface area contributed by atoms with Crippen molar-refractivity contribution in [2.24, 2.45) is 5.41 Å². The second-order valence-corrected chi connectivity index (χ2v) is 5.14. The van der Waals surface area contributed by atoms with E-state index in [-0.39, 0.29) is 5.41 Å². The fraction of sp³-hybridized carbons (Fsp3) is 0.333. The zero-order valence-corrected chi connectivity index (χ0v) is 11.8. The molecule has 96 valence electrons. The predicted octanol–water partition coefficient (Wildman–Crippen LogP) is 5.53. The summed E-state index contributed by atoms with van der Waals surface area (Å²) >= 11 is 0. The minimum absolute atomic E-state index is 0.0937. The van der Waals surface area contributed by atoms with Crippen LogP contribution in [0.15, 0.2) is 72.4 Å². The fourth-order valence-corrected chi connectivity index (χ4v) is 1.97. The Morgan fingerprint density at radius 1 is 1.28 bits per heavy atom. The summed E-state index contributed by atoms with van der Waals surface area (Å²) in [6.45, 7) is 10.5. The van der Waals surface area contributed by atoms with Gasteiger partial charge in [0.2, 0.25) is 0 Å². The molecule has 0 spiro atoms. The molecular weight excluding hydrogens is 216 g/mol. The van der Waals surface area contributed by atoms with Gasteiger partial charge in [-0.3, -0.25) is 0 Å². The van der Waals surface area contributed by atoms with Crippen molar-refractivity contribution in [3.63, 3.8) is 0 Å². The lowest BCUT2D eigenvalue weighted by molar-refractivity contribution is 0.561. The molecule has 0 N–H and O–H groups in total. The van der Waals surface area contributed by atoms with Crippen LogP contribution in [0.2, 0.25) is 0 Å². The summed E-state index contributed by atoms with van der Waals surface area (Å²) in [6, 6.07) is 0. The van der Waals surface area contributed by atoms with Gasteiger partial charge >= 0.3 is 0 Å². The van der Waals surface area contributed by atoms with Crippen LogP contribution in [-0.2, 0) is 0 Å². The lowest BCUT2D eigenvalue weighted by Gasteiger charge is -2.19. The third kappa shape index (κ3) is 5.18. The Balaban J connectivity index is 2.99. The van der Waals surface area contributed by atoms with Crippen LogP contribution < -0.4 is 0 Å². The SMILES string of the molecule is C=C1/C=C\C=C/C(C)(C=CC)C/C=C\C(C)=C/C1. The van der Waals surface area contributed by atoms with Gasteiger partial charge in [-0.05, 0) is 26.7 Å². The van der Waals surface area contributed by atoms with Crippen LogP contribution in [0.5, 0.6) is 0 Å². The fourth-order valence-electron chi connectivity index (χ4n) is 1.97. The molecule has 1 rings (SSSR count). The lowest BCUT2D eigenvalue weighted by Crippen LogP contribution is -2.07. The van der Waals surface area contributed by atoms with E-state index < -0.39 is 0 Å². The van der Waals surface area contributed by atoms with E-state index in [9.17, 15) is 0 Å². The molecule has 1 atom stereocenters. The highest BCUT2D eigenvalue weighted by molar-refractivity contribution is 5.27. The highest BCUT2D eigenvalue weighted by Crippen LogP contribution is 2.26. The molecule has 0 heteroatoms. The van der Waals surface area contributed by atoms with Crippen molar-refractivity contribution in [2.75, 3.05) is 0 Å². The Kier molecular flexibility index (Phi) is 5.64. The first-order valence-corrected chi connectivity index (χ1v) is 6.56. The van der Waals surface area contributed by atoms with Gasteiger partial charge in [0.05, 0.1) is 0 Å². The smallest absolute Gasteiger partial charge is 0.00702 e. The summed E-state index contributed by atoms with van der Waals surface area (Å²) in [5.41, 5.74) is 2.54. The van der Waals surface area contributed by atoms with Gasteiger partial charge in [-0.2, -0.15) is 0 Å². The molecule has 18 heavy (non-hydrogen) atoms. The molecule has 1 unspecified atom stereocenters. The molecule has 0 saturated carbocycles. The molecule has 0 saturated heterocycles. The Labute approximate surface area is 112 Å². The molecule has 0 radical (unpaired) electrons. The molecule has 1 aliphatic carbocycles. The van der Waals surface area contributed by atoms with E-state index in [1.807, 2.05) is 0 Å². The van der Waals surface area contributed by atoms with Gasteiger partial charge in [0, 0.05) is 5.41 Å². The van der Waals surface area contributed by atoms with Gasteiger partial charge in [-0.25, -0.2) is 0 Å². The molecule has 0 amide bonds. The Hall–Kier alpha value is -1.56. The number of hydrogen-bond acceptors (Lipinski definition) is 0. The van der Waals surface area contributed by atoms with Crippen LogP contribution >= 0.6 is 0 Å². The van der Waals surface area contributed by atoms with Gasteiger partial charge < -0.3 is 0 Å². The van der Waals surface area contributed by atoms with Gasteiger partial charge in [0.1, 0.15) is 0 Å². The maximum absolute atomic E-state index is 4.05.